The first kappa shape index (κ1) is 19.2. The SMILES string of the molecule is CC(C)N(C(=S)/N=C1\SCS(=O)(=O)N1Cc1ccccc1)C(C)C. The first-order chi connectivity index (χ1) is 11.2. The van der Waals surface area contributed by atoms with Crippen LogP contribution in [0, 0.1) is 0 Å². The third-order valence-electron chi connectivity index (χ3n) is 3.58. The molecule has 8 heteroatoms. The van der Waals surface area contributed by atoms with Crippen LogP contribution in [0.15, 0.2) is 35.3 Å². The highest BCUT2D eigenvalue weighted by molar-refractivity contribution is 8.25. The van der Waals surface area contributed by atoms with Gasteiger partial charge in [0.1, 0.15) is 5.08 Å². The largest absolute Gasteiger partial charge is 0.343 e. The van der Waals surface area contributed by atoms with Gasteiger partial charge in [0.15, 0.2) is 10.3 Å². The Morgan fingerprint density at radius 3 is 2.38 bits per heavy atom. The third kappa shape index (κ3) is 4.49. The number of thioether (sulfide) groups is 1. The molecule has 132 valence electrons. The molecule has 1 aliphatic rings. The fourth-order valence-electron chi connectivity index (χ4n) is 2.56. The third-order valence-corrected chi connectivity index (χ3v) is 7.20. The van der Waals surface area contributed by atoms with E-state index in [2.05, 4.69) is 4.99 Å². The summed E-state index contributed by atoms with van der Waals surface area (Å²) in [5.74, 6) is 0. The van der Waals surface area contributed by atoms with Crippen LogP contribution < -0.4 is 0 Å². The standard InChI is InChI=1S/C16H23N3O2S3/c1-12(2)19(13(3)4)15(22)17-16-18(24(20,21)11-23-16)10-14-8-6-5-7-9-14/h5-9,12-13H,10-11H2,1-4H3/b17-16-. The Hall–Kier alpha value is -1.12. The van der Waals surface area contributed by atoms with E-state index in [9.17, 15) is 8.42 Å². The fraction of sp³-hybridized carbons (Fsp3) is 0.500. The number of benzene rings is 1. The van der Waals surface area contributed by atoms with Gasteiger partial charge in [0.2, 0.25) is 10.0 Å². The molecule has 1 saturated heterocycles. The molecule has 1 heterocycles. The molecule has 0 bridgehead atoms. The zero-order chi connectivity index (χ0) is 17.9. The Morgan fingerprint density at radius 1 is 1.25 bits per heavy atom. The van der Waals surface area contributed by atoms with Crippen LogP contribution in [-0.4, -0.2) is 45.1 Å². The lowest BCUT2D eigenvalue weighted by atomic mass is 10.2. The van der Waals surface area contributed by atoms with Crippen LogP contribution in [0.25, 0.3) is 0 Å². The molecule has 1 aliphatic heterocycles. The minimum atomic E-state index is -3.36. The molecular weight excluding hydrogens is 362 g/mol. The maximum Gasteiger partial charge on any atom is 0.246 e. The molecule has 0 N–H and O–H groups in total. The van der Waals surface area contributed by atoms with Crippen molar-refractivity contribution in [3.8, 4) is 0 Å². The molecule has 0 radical (unpaired) electrons. The summed E-state index contributed by atoms with van der Waals surface area (Å²) in [5, 5.41) is 0.887. The smallest absolute Gasteiger partial charge is 0.246 e. The molecule has 0 amide bonds. The Kier molecular flexibility index (Phi) is 6.28. The van der Waals surface area contributed by atoms with E-state index in [1.165, 1.54) is 16.1 Å². The number of hydrogen-bond acceptors (Lipinski definition) is 4. The molecule has 5 nitrogen and oxygen atoms in total. The van der Waals surface area contributed by atoms with Crippen LogP contribution in [0.1, 0.15) is 33.3 Å². The van der Waals surface area contributed by atoms with Gasteiger partial charge >= 0.3 is 0 Å². The number of hydrogen-bond donors (Lipinski definition) is 0. The van der Waals surface area contributed by atoms with Crippen molar-refractivity contribution in [2.24, 2.45) is 4.99 Å². The van der Waals surface area contributed by atoms with Crippen molar-refractivity contribution in [2.75, 3.05) is 5.08 Å². The lowest BCUT2D eigenvalue weighted by Crippen LogP contribution is -2.41. The summed E-state index contributed by atoms with van der Waals surface area (Å²) in [4.78, 5) is 6.48. The molecule has 0 spiro atoms. The molecule has 0 aromatic heterocycles. The number of sulfonamides is 1. The van der Waals surface area contributed by atoms with E-state index in [-0.39, 0.29) is 23.7 Å². The minimum Gasteiger partial charge on any atom is -0.343 e. The van der Waals surface area contributed by atoms with E-state index in [1.807, 2.05) is 62.9 Å². The highest BCUT2D eigenvalue weighted by Crippen LogP contribution is 2.28. The molecule has 24 heavy (non-hydrogen) atoms. The number of thiocarbonyl (C=S) groups is 1. The van der Waals surface area contributed by atoms with Gasteiger partial charge in [-0.1, -0.05) is 42.1 Å². The number of aliphatic imine (C=N–C) groups is 1. The second kappa shape index (κ2) is 7.84. The van der Waals surface area contributed by atoms with Gasteiger partial charge in [0.05, 0.1) is 6.54 Å². The van der Waals surface area contributed by atoms with Crippen LogP contribution in [0.2, 0.25) is 0 Å². The highest BCUT2D eigenvalue weighted by atomic mass is 32.3. The molecule has 1 aromatic carbocycles. The lowest BCUT2D eigenvalue weighted by Gasteiger charge is -2.31. The van der Waals surface area contributed by atoms with E-state index in [4.69, 9.17) is 12.2 Å². The molecule has 0 aliphatic carbocycles. The number of amidine groups is 1. The fourth-order valence-corrected chi connectivity index (χ4v) is 6.14. The van der Waals surface area contributed by atoms with Gasteiger partial charge in [0, 0.05) is 12.1 Å². The van der Waals surface area contributed by atoms with Crippen molar-refractivity contribution >= 4 is 44.3 Å². The van der Waals surface area contributed by atoms with E-state index < -0.39 is 10.0 Å². The number of rotatable bonds is 4. The quantitative estimate of drug-likeness (QED) is 0.745. The minimum absolute atomic E-state index is 0.00460. The van der Waals surface area contributed by atoms with Crippen molar-refractivity contribution < 1.29 is 8.42 Å². The van der Waals surface area contributed by atoms with Gasteiger partial charge < -0.3 is 4.90 Å². The van der Waals surface area contributed by atoms with Crippen LogP contribution in [0.4, 0.5) is 0 Å². The first-order valence-electron chi connectivity index (χ1n) is 7.80. The maximum atomic E-state index is 12.4. The first-order valence-corrected chi connectivity index (χ1v) is 10.8. The van der Waals surface area contributed by atoms with E-state index >= 15 is 0 Å². The molecule has 2 rings (SSSR count). The van der Waals surface area contributed by atoms with Crippen LogP contribution in [0.3, 0.4) is 0 Å². The van der Waals surface area contributed by atoms with Gasteiger partial charge in [-0.05, 0) is 45.5 Å². The second-order valence-corrected chi connectivity index (χ2v) is 9.70. The molecule has 1 fully saturated rings. The highest BCUT2D eigenvalue weighted by Gasteiger charge is 2.35. The second-order valence-electron chi connectivity index (χ2n) is 6.14. The van der Waals surface area contributed by atoms with E-state index in [0.29, 0.717) is 10.3 Å². The Bertz CT molecular complexity index is 707. The van der Waals surface area contributed by atoms with Crippen molar-refractivity contribution in [1.82, 2.24) is 9.21 Å². The van der Waals surface area contributed by atoms with Gasteiger partial charge in [0.25, 0.3) is 0 Å². The van der Waals surface area contributed by atoms with Gasteiger partial charge in [-0.3, -0.25) is 0 Å². The van der Waals surface area contributed by atoms with Crippen molar-refractivity contribution in [1.29, 1.82) is 0 Å². The van der Waals surface area contributed by atoms with Crippen molar-refractivity contribution in [3.63, 3.8) is 0 Å². The number of nitrogens with zero attached hydrogens (tertiary/aromatic N) is 3. The van der Waals surface area contributed by atoms with E-state index in [0.717, 1.165) is 5.56 Å². The summed E-state index contributed by atoms with van der Waals surface area (Å²) in [6.45, 7) is 8.47. The van der Waals surface area contributed by atoms with Gasteiger partial charge in [-0.15, -0.1) is 0 Å². The monoisotopic (exact) mass is 385 g/mol. The average molecular weight is 386 g/mol. The summed E-state index contributed by atoms with van der Waals surface area (Å²) < 4.78 is 26.1. The lowest BCUT2D eigenvalue weighted by molar-refractivity contribution is 0.294. The van der Waals surface area contributed by atoms with E-state index in [1.54, 1.807) is 0 Å². The summed E-state index contributed by atoms with van der Waals surface area (Å²) in [7, 11) is -3.36. The molecule has 0 unspecified atom stereocenters. The average Bonchev–Trinajstić information content (AvgIpc) is 2.75. The summed E-state index contributed by atoms with van der Waals surface area (Å²) in [5.41, 5.74) is 0.923. The van der Waals surface area contributed by atoms with Gasteiger partial charge in [-0.2, -0.15) is 4.99 Å². The van der Waals surface area contributed by atoms with Crippen LogP contribution >= 0.6 is 24.0 Å². The summed E-state index contributed by atoms with van der Waals surface area (Å²) in [6.07, 6.45) is 0. The topological polar surface area (TPSA) is 53.0 Å². The Labute approximate surface area is 154 Å². The molecular formula is C16H23N3O2S3. The zero-order valence-corrected chi connectivity index (χ0v) is 16.8. The molecule has 0 saturated carbocycles. The zero-order valence-electron chi connectivity index (χ0n) is 14.3. The van der Waals surface area contributed by atoms with Gasteiger partial charge in [-0.25, -0.2) is 12.7 Å². The maximum absolute atomic E-state index is 12.4. The predicted molar refractivity (Wildman–Crippen MR) is 106 cm³/mol. The Morgan fingerprint density at radius 2 is 1.83 bits per heavy atom. The predicted octanol–water partition coefficient (Wildman–Crippen LogP) is 3.28. The van der Waals surface area contributed by atoms with Crippen molar-refractivity contribution in [3.05, 3.63) is 35.9 Å². The van der Waals surface area contributed by atoms with Crippen LogP contribution in [0.5, 0.6) is 0 Å². The van der Waals surface area contributed by atoms with Crippen molar-refractivity contribution in [2.45, 2.75) is 46.3 Å². The normalized spacial score (nSPS) is 18.6. The molecule has 0 atom stereocenters. The molecule has 1 aromatic rings. The summed E-state index contributed by atoms with van der Waals surface area (Å²) >= 11 is 6.68. The van der Waals surface area contributed by atoms with Crippen LogP contribution in [-0.2, 0) is 16.6 Å². The Balaban J connectivity index is 2.28. The summed E-state index contributed by atoms with van der Waals surface area (Å²) in [6, 6.07) is 9.91.